The Balaban J connectivity index is 1.74. The van der Waals surface area contributed by atoms with E-state index in [9.17, 15) is 0 Å². The summed E-state index contributed by atoms with van der Waals surface area (Å²) in [5, 5.41) is 9.03. The molecule has 1 saturated carbocycles. The molecule has 0 aliphatic heterocycles. The number of rotatable bonds is 4. The molecule has 0 amide bonds. The van der Waals surface area contributed by atoms with Gasteiger partial charge in [0.05, 0.1) is 10.7 Å². The van der Waals surface area contributed by atoms with E-state index in [1.807, 2.05) is 29.6 Å². The van der Waals surface area contributed by atoms with E-state index in [4.69, 9.17) is 16.7 Å². The van der Waals surface area contributed by atoms with Gasteiger partial charge in [0.1, 0.15) is 5.82 Å². The molecule has 0 saturated heterocycles. The van der Waals surface area contributed by atoms with Crippen molar-refractivity contribution in [1.29, 1.82) is 0 Å². The molecular formula is C18H20ClN5. The average Bonchev–Trinajstić information content (AvgIpc) is 3.10. The molecule has 3 aromatic rings. The topological polar surface area (TPSA) is 55.1 Å². The number of pyridine rings is 1. The highest BCUT2D eigenvalue weighted by atomic mass is 35.5. The maximum Gasteiger partial charge on any atom is 0.157 e. The number of hydrogen-bond acceptors (Lipinski definition) is 4. The standard InChI is InChI=1S/C18H20ClN5/c1-11-8-17(22-18(3)6-7-18)24-16(21-11)9-15(23-24)12(2)14-5-4-13(19)10-20-14/h4-5,8-10,12,22H,6-7H2,1-3H3. The van der Waals surface area contributed by atoms with E-state index in [0.717, 1.165) is 28.5 Å². The van der Waals surface area contributed by atoms with E-state index in [2.05, 4.69) is 35.2 Å². The highest BCUT2D eigenvalue weighted by Gasteiger charge is 2.37. The molecule has 0 aromatic carbocycles. The molecule has 1 fully saturated rings. The van der Waals surface area contributed by atoms with Crippen LogP contribution in [0.1, 0.15) is 49.7 Å². The van der Waals surface area contributed by atoms with Crippen molar-refractivity contribution in [3.63, 3.8) is 0 Å². The first-order valence-corrected chi connectivity index (χ1v) is 8.58. The monoisotopic (exact) mass is 341 g/mol. The quantitative estimate of drug-likeness (QED) is 0.772. The van der Waals surface area contributed by atoms with Gasteiger partial charge in [-0.2, -0.15) is 9.61 Å². The van der Waals surface area contributed by atoms with Crippen molar-refractivity contribution in [3.8, 4) is 0 Å². The van der Waals surface area contributed by atoms with Gasteiger partial charge in [-0.15, -0.1) is 0 Å². The van der Waals surface area contributed by atoms with Crippen LogP contribution in [0.4, 0.5) is 5.82 Å². The smallest absolute Gasteiger partial charge is 0.157 e. The molecule has 5 nitrogen and oxygen atoms in total. The number of anilines is 1. The number of aryl methyl sites for hydroxylation is 1. The summed E-state index contributed by atoms with van der Waals surface area (Å²) in [6.45, 7) is 6.34. The zero-order chi connectivity index (χ0) is 16.9. The van der Waals surface area contributed by atoms with Crippen molar-refractivity contribution < 1.29 is 0 Å². The van der Waals surface area contributed by atoms with Gasteiger partial charge in [-0.05, 0) is 38.8 Å². The summed E-state index contributed by atoms with van der Waals surface area (Å²) in [6, 6.07) is 7.90. The zero-order valence-electron chi connectivity index (χ0n) is 14.0. The Morgan fingerprint density at radius 1 is 1.25 bits per heavy atom. The molecule has 1 aliphatic carbocycles. The molecule has 1 unspecified atom stereocenters. The predicted molar refractivity (Wildman–Crippen MR) is 95.7 cm³/mol. The molecule has 0 radical (unpaired) electrons. The van der Waals surface area contributed by atoms with Gasteiger partial charge < -0.3 is 5.32 Å². The molecule has 0 spiro atoms. The fraction of sp³-hybridized carbons (Fsp3) is 0.389. The molecule has 1 N–H and O–H groups in total. The lowest BCUT2D eigenvalue weighted by Crippen LogP contribution is -2.19. The van der Waals surface area contributed by atoms with E-state index in [1.165, 1.54) is 12.8 Å². The fourth-order valence-electron chi connectivity index (χ4n) is 2.84. The first kappa shape index (κ1) is 15.4. The second-order valence-electron chi connectivity index (χ2n) is 6.93. The first-order valence-electron chi connectivity index (χ1n) is 8.20. The van der Waals surface area contributed by atoms with Crippen LogP contribution in [0.25, 0.3) is 5.65 Å². The van der Waals surface area contributed by atoms with Gasteiger partial charge in [0, 0.05) is 41.2 Å². The van der Waals surface area contributed by atoms with Gasteiger partial charge in [-0.25, -0.2) is 4.98 Å². The first-order chi connectivity index (χ1) is 11.4. The maximum atomic E-state index is 5.93. The van der Waals surface area contributed by atoms with Gasteiger partial charge in [0.15, 0.2) is 5.65 Å². The summed E-state index contributed by atoms with van der Waals surface area (Å²) >= 11 is 5.93. The van der Waals surface area contributed by atoms with E-state index >= 15 is 0 Å². The summed E-state index contributed by atoms with van der Waals surface area (Å²) in [5.74, 6) is 1.08. The summed E-state index contributed by atoms with van der Waals surface area (Å²) < 4.78 is 1.90. The average molecular weight is 342 g/mol. The second kappa shape index (κ2) is 5.45. The summed E-state index contributed by atoms with van der Waals surface area (Å²) in [6.07, 6.45) is 4.05. The Morgan fingerprint density at radius 2 is 2.04 bits per heavy atom. The fourth-order valence-corrected chi connectivity index (χ4v) is 2.95. The molecule has 1 aliphatic rings. The van der Waals surface area contributed by atoms with Crippen LogP contribution in [0.15, 0.2) is 30.5 Å². The van der Waals surface area contributed by atoms with Gasteiger partial charge in [-0.3, -0.25) is 4.98 Å². The Hall–Kier alpha value is -2.14. The van der Waals surface area contributed by atoms with Gasteiger partial charge >= 0.3 is 0 Å². The molecule has 4 rings (SSSR count). The molecule has 1 atom stereocenters. The third-order valence-corrected chi connectivity index (χ3v) is 4.87. The second-order valence-corrected chi connectivity index (χ2v) is 7.37. The number of hydrogen-bond donors (Lipinski definition) is 1. The van der Waals surface area contributed by atoms with Crippen LogP contribution in [0, 0.1) is 6.92 Å². The van der Waals surface area contributed by atoms with Crippen LogP contribution in [0.5, 0.6) is 0 Å². The van der Waals surface area contributed by atoms with Crippen LogP contribution in [0.2, 0.25) is 5.02 Å². The lowest BCUT2D eigenvalue weighted by molar-refractivity contribution is 0.771. The van der Waals surface area contributed by atoms with Crippen molar-refractivity contribution in [2.24, 2.45) is 0 Å². The number of nitrogens with zero attached hydrogens (tertiary/aromatic N) is 4. The summed E-state index contributed by atoms with van der Waals surface area (Å²) in [7, 11) is 0. The van der Waals surface area contributed by atoms with Crippen molar-refractivity contribution in [2.75, 3.05) is 5.32 Å². The lowest BCUT2D eigenvalue weighted by Gasteiger charge is -2.14. The van der Waals surface area contributed by atoms with E-state index in [0.29, 0.717) is 5.02 Å². The van der Waals surface area contributed by atoms with Crippen LogP contribution in [0.3, 0.4) is 0 Å². The minimum atomic E-state index is 0.0774. The normalized spacial score (nSPS) is 17.0. The highest BCUT2D eigenvalue weighted by molar-refractivity contribution is 6.30. The van der Waals surface area contributed by atoms with Crippen molar-refractivity contribution in [1.82, 2.24) is 19.6 Å². The maximum absolute atomic E-state index is 5.93. The summed E-state index contributed by atoms with van der Waals surface area (Å²) in [5.41, 5.74) is 3.93. The Kier molecular flexibility index (Phi) is 3.49. The van der Waals surface area contributed by atoms with Crippen LogP contribution in [-0.2, 0) is 0 Å². The van der Waals surface area contributed by atoms with Crippen LogP contribution >= 0.6 is 11.6 Å². The highest BCUT2D eigenvalue weighted by Crippen LogP contribution is 2.38. The molecular weight excluding hydrogens is 322 g/mol. The zero-order valence-corrected chi connectivity index (χ0v) is 14.8. The molecule has 24 heavy (non-hydrogen) atoms. The largest absolute Gasteiger partial charge is 0.365 e. The van der Waals surface area contributed by atoms with Gasteiger partial charge in [0.25, 0.3) is 0 Å². The predicted octanol–water partition coefficient (Wildman–Crippen LogP) is 4.20. The number of aromatic nitrogens is 4. The summed E-state index contributed by atoms with van der Waals surface area (Å²) in [4.78, 5) is 9.03. The van der Waals surface area contributed by atoms with Crippen molar-refractivity contribution in [3.05, 3.63) is 52.6 Å². The minimum Gasteiger partial charge on any atom is -0.365 e. The van der Waals surface area contributed by atoms with Crippen LogP contribution in [-0.4, -0.2) is 25.1 Å². The van der Waals surface area contributed by atoms with Gasteiger partial charge in [-0.1, -0.05) is 18.5 Å². The van der Waals surface area contributed by atoms with E-state index in [1.54, 1.807) is 6.20 Å². The third kappa shape index (κ3) is 2.84. The molecule has 6 heteroatoms. The van der Waals surface area contributed by atoms with Crippen molar-refractivity contribution in [2.45, 2.75) is 45.1 Å². The number of nitrogens with one attached hydrogen (secondary N) is 1. The SMILES string of the molecule is Cc1cc(NC2(C)CC2)n2nc(C(C)c3ccc(Cl)cn3)cc2n1. The lowest BCUT2D eigenvalue weighted by atomic mass is 10.0. The Morgan fingerprint density at radius 3 is 2.71 bits per heavy atom. The van der Waals surface area contributed by atoms with Gasteiger partial charge in [0.2, 0.25) is 0 Å². The minimum absolute atomic E-state index is 0.0774. The van der Waals surface area contributed by atoms with Crippen LogP contribution < -0.4 is 5.32 Å². The molecule has 0 bridgehead atoms. The molecule has 124 valence electrons. The number of fused-ring (bicyclic) bond motifs is 1. The molecule has 3 aromatic heterocycles. The Labute approximate surface area is 146 Å². The third-order valence-electron chi connectivity index (χ3n) is 4.64. The molecule has 3 heterocycles. The van der Waals surface area contributed by atoms with Crippen molar-refractivity contribution >= 4 is 23.1 Å². The van der Waals surface area contributed by atoms with E-state index < -0.39 is 0 Å². The number of halogens is 1. The Bertz CT molecular complexity index is 896. The van der Waals surface area contributed by atoms with E-state index in [-0.39, 0.29) is 11.5 Å².